The van der Waals surface area contributed by atoms with Crippen molar-refractivity contribution in [3.05, 3.63) is 48.5 Å². The van der Waals surface area contributed by atoms with Gasteiger partial charge in [0.05, 0.1) is 12.8 Å². The highest BCUT2D eigenvalue weighted by atomic mass is 32.2. The van der Waals surface area contributed by atoms with E-state index >= 15 is 0 Å². The standard InChI is InChI=1S/C20H22N4O3S/c1-24(2)15-9-7-13(8-10-15)22-20-23-19(26)17(28-20)12-18(25)21-14-5-4-6-16(11-14)27-3/h4-11,17H,12H2,1-3H3,(H,21,25)(H,22,23,26). The summed E-state index contributed by atoms with van der Waals surface area (Å²) in [6.45, 7) is 0. The highest BCUT2D eigenvalue weighted by Gasteiger charge is 2.32. The van der Waals surface area contributed by atoms with E-state index in [1.165, 1.54) is 11.8 Å². The molecule has 1 unspecified atom stereocenters. The van der Waals surface area contributed by atoms with Crippen molar-refractivity contribution in [2.75, 3.05) is 31.4 Å². The summed E-state index contributed by atoms with van der Waals surface area (Å²) in [6.07, 6.45) is 0.0618. The molecule has 146 valence electrons. The number of aliphatic imine (C=N–C) groups is 1. The van der Waals surface area contributed by atoms with Crippen LogP contribution in [0.2, 0.25) is 0 Å². The monoisotopic (exact) mass is 398 g/mol. The number of nitrogens with one attached hydrogen (secondary N) is 2. The second-order valence-corrected chi connectivity index (χ2v) is 7.60. The summed E-state index contributed by atoms with van der Waals surface area (Å²) in [5, 5.41) is 5.52. The molecule has 1 saturated heterocycles. The molecule has 2 amide bonds. The molecule has 2 aromatic carbocycles. The summed E-state index contributed by atoms with van der Waals surface area (Å²) in [5.41, 5.74) is 2.44. The molecular weight excluding hydrogens is 376 g/mol. The molecule has 0 aromatic heterocycles. The van der Waals surface area contributed by atoms with Crippen molar-refractivity contribution >= 4 is 45.8 Å². The lowest BCUT2D eigenvalue weighted by Gasteiger charge is -2.11. The van der Waals surface area contributed by atoms with Crippen LogP contribution in [-0.4, -0.2) is 43.4 Å². The van der Waals surface area contributed by atoms with Crippen LogP contribution >= 0.6 is 11.8 Å². The van der Waals surface area contributed by atoms with Gasteiger partial charge in [-0.2, -0.15) is 0 Å². The second kappa shape index (κ2) is 8.79. The van der Waals surface area contributed by atoms with E-state index in [2.05, 4.69) is 15.6 Å². The molecule has 0 spiro atoms. The van der Waals surface area contributed by atoms with Gasteiger partial charge in [-0.15, -0.1) is 0 Å². The topological polar surface area (TPSA) is 83.0 Å². The number of thioether (sulfide) groups is 1. The number of ether oxygens (including phenoxy) is 1. The van der Waals surface area contributed by atoms with Crippen molar-refractivity contribution < 1.29 is 14.3 Å². The number of carbonyl (C=O) groups is 2. The minimum Gasteiger partial charge on any atom is -0.497 e. The maximum Gasteiger partial charge on any atom is 0.240 e. The number of hydrogen-bond donors (Lipinski definition) is 2. The second-order valence-electron chi connectivity index (χ2n) is 6.41. The Hall–Kier alpha value is -3.00. The van der Waals surface area contributed by atoms with Crippen molar-refractivity contribution in [1.82, 2.24) is 5.32 Å². The van der Waals surface area contributed by atoms with E-state index in [0.717, 1.165) is 11.4 Å². The average molecular weight is 398 g/mol. The summed E-state index contributed by atoms with van der Waals surface area (Å²) in [7, 11) is 5.50. The van der Waals surface area contributed by atoms with E-state index in [9.17, 15) is 9.59 Å². The molecule has 2 aromatic rings. The summed E-state index contributed by atoms with van der Waals surface area (Å²) < 4.78 is 5.14. The number of carbonyl (C=O) groups excluding carboxylic acids is 2. The number of methoxy groups -OCH3 is 1. The fraction of sp³-hybridized carbons (Fsp3) is 0.250. The number of rotatable bonds is 6. The first-order valence-electron chi connectivity index (χ1n) is 8.72. The summed E-state index contributed by atoms with van der Waals surface area (Å²) in [4.78, 5) is 30.9. The first-order chi connectivity index (χ1) is 13.4. The third-order valence-corrected chi connectivity index (χ3v) is 5.18. The van der Waals surface area contributed by atoms with Gasteiger partial charge in [-0.25, -0.2) is 4.99 Å². The van der Waals surface area contributed by atoms with Crippen LogP contribution in [-0.2, 0) is 9.59 Å². The van der Waals surface area contributed by atoms with E-state index in [1.54, 1.807) is 31.4 Å². The summed E-state index contributed by atoms with van der Waals surface area (Å²) >= 11 is 1.26. The van der Waals surface area contributed by atoms with Gasteiger partial charge in [0.25, 0.3) is 0 Å². The highest BCUT2D eigenvalue weighted by Crippen LogP contribution is 2.26. The minimum absolute atomic E-state index is 0.0618. The Kier molecular flexibility index (Phi) is 6.20. The molecule has 0 aliphatic carbocycles. The molecule has 1 aliphatic rings. The van der Waals surface area contributed by atoms with Gasteiger partial charge in [-0.05, 0) is 36.4 Å². The van der Waals surface area contributed by atoms with Crippen LogP contribution < -0.4 is 20.3 Å². The molecule has 2 N–H and O–H groups in total. The number of amidine groups is 1. The molecule has 0 bridgehead atoms. The zero-order valence-corrected chi connectivity index (χ0v) is 16.7. The van der Waals surface area contributed by atoms with Crippen molar-refractivity contribution in [3.8, 4) is 5.75 Å². The molecule has 1 heterocycles. The van der Waals surface area contributed by atoms with Crippen LogP contribution in [0.3, 0.4) is 0 Å². The van der Waals surface area contributed by atoms with Crippen molar-refractivity contribution in [1.29, 1.82) is 0 Å². The fourth-order valence-electron chi connectivity index (χ4n) is 2.62. The number of amides is 2. The van der Waals surface area contributed by atoms with Gasteiger partial charge in [0.2, 0.25) is 11.8 Å². The number of hydrogen-bond acceptors (Lipinski definition) is 6. The van der Waals surface area contributed by atoms with Crippen molar-refractivity contribution in [2.45, 2.75) is 11.7 Å². The highest BCUT2D eigenvalue weighted by molar-refractivity contribution is 8.15. The summed E-state index contributed by atoms with van der Waals surface area (Å²) in [6, 6.07) is 14.8. The summed E-state index contributed by atoms with van der Waals surface area (Å²) in [5.74, 6) is 0.201. The normalized spacial score (nSPS) is 17.3. The molecule has 0 saturated carbocycles. The van der Waals surface area contributed by atoms with E-state index < -0.39 is 5.25 Å². The first-order valence-corrected chi connectivity index (χ1v) is 9.60. The molecule has 7 nitrogen and oxygen atoms in total. The van der Waals surface area contributed by atoms with Gasteiger partial charge in [0.15, 0.2) is 5.17 Å². The van der Waals surface area contributed by atoms with Gasteiger partial charge in [0, 0.05) is 38.0 Å². The fourth-order valence-corrected chi connectivity index (χ4v) is 3.60. The molecule has 3 rings (SSSR count). The van der Waals surface area contributed by atoms with Gasteiger partial charge < -0.3 is 20.3 Å². The number of benzene rings is 2. The van der Waals surface area contributed by atoms with E-state index in [1.807, 2.05) is 43.3 Å². The number of nitrogens with zero attached hydrogens (tertiary/aromatic N) is 2. The largest absolute Gasteiger partial charge is 0.497 e. The minimum atomic E-state index is -0.509. The molecule has 8 heteroatoms. The molecule has 1 fully saturated rings. The van der Waals surface area contributed by atoms with E-state index in [4.69, 9.17) is 4.74 Å². The van der Waals surface area contributed by atoms with Crippen LogP contribution in [0.4, 0.5) is 17.1 Å². The Labute approximate surface area is 168 Å². The van der Waals surface area contributed by atoms with Crippen LogP contribution in [0, 0.1) is 0 Å². The Morgan fingerprint density at radius 2 is 2.00 bits per heavy atom. The van der Waals surface area contributed by atoms with Crippen molar-refractivity contribution in [2.24, 2.45) is 4.99 Å². The van der Waals surface area contributed by atoms with Gasteiger partial charge >= 0.3 is 0 Å². The zero-order chi connectivity index (χ0) is 20.1. The quantitative estimate of drug-likeness (QED) is 0.782. The molecule has 0 radical (unpaired) electrons. The molecule has 1 atom stereocenters. The van der Waals surface area contributed by atoms with Crippen LogP contribution in [0.5, 0.6) is 5.75 Å². The maximum absolute atomic E-state index is 12.3. The molecule has 28 heavy (non-hydrogen) atoms. The third kappa shape index (κ3) is 5.04. The zero-order valence-electron chi connectivity index (χ0n) is 15.9. The van der Waals surface area contributed by atoms with E-state index in [0.29, 0.717) is 16.6 Å². The van der Waals surface area contributed by atoms with E-state index in [-0.39, 0.29) is 18.2 Å². The van der Waals surface area contributed by atoms with Crippen LogP contribution in [0.15, 0.2) is 53.5 Å². The first kappa shape index (κ1) is 19.8. The third-order valence-electron chi connectivity index (χ3n) is 4.10. The Bertz CT molecular complexity index is 897. The predicted molar refractivity (Wildman–Crippen MR) is 114 cm³/mol. The average Bonchev–Trinajstić information content (AvgIpc) is 3.01. The van der Waals surface area contributed by atoms with Gasteiger partial charge in [-0.1, -0.05) is 17.8 Å². The lowest BCUT2D eigenvalue weighted by Crippen LogP contribution is -2.28. The molecule has 1 aliphatic heterocycles. The SMILES string of the molecule is COc1cccc(NC(=O)CC2SC(=Nc3ccc(N(C)C)cc3)NC2=O)c1. The predicted octanol–water partition coefficient (Wildman–Crippen LogP) is 3.01. The van der Waals surface area contributed by atoms with Crippen LogP contribution in [0.25, 0.3) is 0 Å². The molecular formula is C20H22N4O3S. The Morgan fingerprint density at radius 1 is 1.25 bits per heavy atom. The Balaban J connectivity index is 1.60. The van der Waals surface area contributed by atoms with Crippen molar-refractivity contribution in [3.63, 3.8) is 0 Å². The maximum atomic E-state index is 12.3. The van der Waals surface area contributed by atoms with Gasteiger partial charge in [-0.3, -0.25) is 9.59 Å². The number of anilines is 2. The lowest BCUT2D eigenvalue weighted by atomic mass is 10.2. The van der Waals surface area contributed by atoms with Crippen LogP contribution in [0.1, 0.15) is 6.42 Å². The smallest absolute Gasteiger partial charge is 0.240 e. The Morgan fingerprint density at radius 3 is 2.68 bits per heavy atom. The van der Waals surface area contributed by atoms with Gasteiger partial charge in [0.1, 0.15) is 11.0 Å². The lowest BCUT2D eigenvalue weighted by molar-refractivity contribution is -0.122.